The predicted molar refractivity (Wildman–Crippen MR) is 88.8 cm³/mol. The van der Waals surface area contributed by atoms with Crippen molar-refractivity contribution in [2.45, 2.75) is 19.4 Å². The van der Waals surface area contributed by atoms with Crippen LogP contribution in [0.2, 0.25) is 5.02 Å². The van der Waals surface area contributed by atoms with Crippen LogP contribution in [0.3, 0.4) is 0 Å². The first kappa shape index (κ1) is 16.4. The van der Waals surface area contributed by atoms with Gasteiger partial charge in [0.05, 0.1) is 17.7 Å². The van der Waals surface area contributed by atoms with E-state index in [-0.39, 0.29) is 11.8 Å². The Morgan fingerprint density at radius 1 is 1.57 bits per heavy atom. The molecule has 21 heavy (non-hydrogen) atoms. The zero-order valence-electron chi connectivity index (χ0n) is 11.8. The van der Waals surface area contributed by atoms with E-state index >= 15 is 0 Å². The molecule has 2 rings (SSSR count). The molecule has 1 aliphatic rings. The lowest BCUT2D eigenvalue weighted by molar-refractivity contribution is -0.127. The first-order valence-corrected chi connectivity index (χ1v) is 8.07. The van der Waals surface area contributed by atoms with Gasteiger partial charge in [-0.05, 0) is 41.1 Å². The molecule has 0 spiro atoms. The lowest BCUT2D eigenvalue weighted by Gasteiger charge is -2.34. The number of methoxy groups -OCH3 is 1. The Kier molecular flexibility index (Phi) is 5.32. The Labute approximate surface area is 142 Å². The molecule has 0 radical (unpaired) electrons. The summed E-state index contributed by atoms with van der Waals surface area (Å²) in [6.45, 7) is 2.82. The molecule has 1 aliphatic heterocycles. The molecule has 0 aromatic heterocycles. The molecule has 0 aliphatic carbocycles. The number of piperazine rings is 1. The Morgan fingerprint density at radius 2 is 2.29 bits per heavy atom. The molecule has 2 amide bonds. The molecule has 114 valence electrons. The van der Waals surface area contributed by atoms with Gasteiger partial charge in [0.25, 0.3) is 5.91 Å². The zero-order chi connectivity index (χ0) is 15.6. The van der Waals surface area contributed by atoms with E-state index in [1.54, 1.807) is 17.0 Å². The van der Waals surface area contributed by atoms with Gasteiger partial charge >= 0.3 is 0 Å². The van der Waals surface area contributed by atoms with Crippen LogP contribution in [0.4, 0.5) is 0 Å². The minimum Gasteiger partial charge on any atom is -0.496 e. The van der Waals surface area contributed by atoms with Crippen LogP contribution in [0.5, 0.6) is 5.75 Å². The first-order valence-electron chi connectivity index (χ1n) is 6.61. The Balaban J connectivity index is 2.39. The Morgan fingerprint density at radius 3 is 2.90 bits per heavy atom. The Hall–Kier alpha value is -1.02. The molecular weight excluding hydrogens is 407 g/mol. The smallest absolute Gasteiger partial charge is 0.258 e. The zero-order valence-corrected chi connectivity index (χ0v) is 14.7. The lowest BCUT2D eigenvalue weighted by Crippen LogP contribution is -2.56. The van der Waals surface area contributed by atoms with Gasteiger partial charge in [-0.15, -0.1) is 0 Å². The highest BCUT2D eigenvalue weighted by Gasteiger charge is 2.33. The van der Waals surface area contributed by atoms with Crippen molar-refractivity contribution in [2.24, 2.45) is 0 Å². The van der Waals surface area contributed by atoms with Gasteiger partial charge in [-0.1, -0.05) is 18.5 Å². The molecule has 1 fully saturated rings. The first-order chi connectivity index (χ1) is 9.99. The quantitative estimate of drug-likeness (QED) is 0.761. The van der Waals surface area contributed by atoms with Gasteiger partial charge in [-0.25, -0.2) is 0 Å². The Bertz CT molecular complexity index is 580. The summed E-state index contributed by atoms with van der Waals surface area (Å²) in [5.41, 5.74) is 0.385. The summed E-state index contributed by atoms with van der Waals surface area (Å²) in [4.78, 5) is 26.2. The average Bonchev–Trinajstić information content (AvgIpc) is 2.48. The predicted octanol–water partition coefficient (Wildman–Crippen LogP) is 2.30. The third-order valence-electron chi connectivity index (χ3n) is 3.45. The number of hydrogen-bond acceptors (Lipinski definition) is 3. The monoisotopic (exact) mass is 422 g/mol. The van der Waals surface area contributed by atoms with Crippen molar-refractivity contribution in [1.29, 1.82) is 0 Å². The van der Waals surface area contributed by atoms with E-state index in [0.717, 1.165) is 3.57 Å². The van der Waals surface area contributed by atoms with Gasteiger partial charge in [0.1, 0.15) is 11.8 Å². The van der Waals surface area contributed by atoms with Gasteiger partial charge in [-0.2, -0.15) is 0 Å². The number of halogens is 2. The normalized spacial score (nSPS) is 18.4. The van der Waals surface area contributed by atoms with Crippen LogP contribution in [0, 0.1) is 3.57 Å². The summed E-state index contributed by atoms with van der Waals surface area (Å²) in [6, 6.07) is 2.87. The van der Waals surface area contributed by atoms with Crippen molar-refractivity contribution >= 4 is 46.0 Å². The maximum Gasteiger partial charge on any atom is 0.258 e. The van der Waals surface area contributed by atoms with E-state index in [4.69, 9.17) is 16.3 Å². The number of carbonyl (C=O) groups excluding carboxylic acids is 2. The van der Waals surface area contributed by atoms with E-state index < -0.39 is 6.04 Å². The highest BCUT2D eigenvalue weighted by molar-refractivity contribution is 14.1. The van der Waals surface area contributed by atoms with E-state index in [1.807, 2.05) is 6.92 Å². The van der Waals surface area contributed by atoms with Crippen LogP contribution in [0.1, 0.15) is 23.7 Å². The van der Waals surface area contributed by atoms with Crippen molar-refractivity contribution in [2.75, 3.05) is 20.2 Å². The summed E-state index contributed by atoms with van der Waals surface area (Å²) in [7, 11) is 1.51. The van der Waals surface area contributed by atoms with Crippen LogP contribution in [0.15, 0.2) is 12.1 Å². The van der Waals surface area contributed by atoms with Gasteiger partial charge in [-0.3, -0.25) is 9.59 Å². The average molecular weight is 423 g/mol. The van der Waals surface area contributed by atoms with Crippen LogP contribution >= 0.6 is 34.2 Å². The maximum atomic E-state index is 12.8. The molecule has 5 nitrogen and oxygen atoms in total. The number of carbonyl (C=O) groups is 2. The van der Waals surface area contributed by atoms with E-state index in [0.29, 0.717) is 35.8 Å². The second kappa shape index (κ2) is 6.83. The molecular formula is C14H16ClIN2O3. The van der Waals surface area contributed by atoms with Gasteiger partial charge in [0, 0.05) is 16.7 Å². The fourth-order valence-electron chi connectivity index (χ4n) is 2.38. The van der Waals surface area contributed by atoms with Crippen molar-refractivity contribution in [3.05, 3.63) is 26.3 Å². The molecule has 1 aromatic rings. The molecule has 1 heterocycles. The lowest BCUT2D eigenvalue weighted by atomic mass is 10.1. The van der Waals surface area contributed by atoms with Gasteiger partial charge in [0.2, 0.25) is 5.91 Å². The fourth-order valence-corrected chi connectivity index (χ4v) is 2.99. The van der Waals surface area contributed by atoms with E-state index in [2.05, 4.69) is 27.9 Å². The summed E-state index contributed by atoms with van der Waals surface area (Å²) < 4.78 is 6.09. The second-order valence-electron chi connectivity index (χ2n) is 4.68. The minimum atomic E-state index is -0.450. The van der Waals surface area contributed by atoms with Gasteiger partial charge in [0.15, 0.2) is 0 Å². The van der Waals surface area contributed by atoms with Crippen LogP contribution < -0.4 is 10.1 Å². The topological polar surface area (TPSA) is 58.6 Å². The highest BCUT2D eigenvalue weighted by Crippen LogP contribution is 2.30. The van der Waals surface area contributed by atoms with Crippen LogP contribution in [-0.4, -0.2) is 43.0 Å². The number of rotatable bonds is 3. The van der Waals surface area contributed by atoms with Crippen LogP contribution in [0.25, 0.3) is 0 Å². The molecule has 0 bridgehead atoms. The van der Waals surface area contributed by atoms with E-state index in [9.17, 15) is 9.59 Å². The van der Waals surface area contributed by atoms with Crippen molar-refractivity contribution in [3.8, 4) is 5.75 Å². The summed E-state index contributed by atoms with van der Waals surface area (Å²) in [6.07, 6.45) is 0.567. The minimum absolute atomic E-state index is 0.118. The molecule has 1 unspecified atom stereocenters. The summed E-state index contributed by atoms with van der Waals surface area (Å²) >= 11 is 8.19. The maximum absolute atomic E-state index is 12.8. The van der Waals surface area contributed by atoms with E-state index in [1.165, 1.54) is 7.11 Å². The molecule has 1 aromatic carbocycles. The molecule has 0 saturated carbocycles. The molecule has 1 atom stereocenters. The van der Waals surface area contributed by atoms with Gasteiger partial charge < -0.3 is 15.0 Å². The third-order valence-corrected chi connectivity index (χ3v) is 4.98. The molecule has 1 saturated heterocycles. The number of nitrogens with one attached hydrogen (secondary N) is 1. The summed E-state index contributed by atoms with van der Waals surface area (Å²) in [5, 5.41) is 3.27. The molecule has 7 heteroatoms. The fraction of sp³-hybridized carbons (Fsp3) is 0.429. The number of ether oxygens (including phenoxy) is 1. The summed E-state index contributed by atoms with van der Waals surface area (Å²) in [5.74, 6) is 0.120. The third kappa shape index (κ3) is 3.26. The highest BCUT2D eigenvalue weighted by atomic mass is 127. The van der Waals surface area contributed by atoms with Crippen molar-refractivity contribution < 1.29 is 14.3 Å². The number of amides is 2. The van der Waals surface area contributed by atoms with Crippen LogP contribution in [-0.2, 0) is 4.79 Å². The SMILES string of the molecule is CCC1C(=O)NCCN1C(=O)c1cc(Cl)c(I)cc1OC. The molecule has 1 N–H and O–H groups in total. The standard InChI is InChI=1S/C14H16ClIN2O3/c1-3-11-13(19)17-4-5-18(11)14(20)8-6-9(15)10(16)7-12(8)21-2/h6-7,11H,3-5H2,1-2H3,(H,17,19). The van der Waals surface area contributed by atoms with Crippen molar-refractivity contribution in [1.82, 2.24) is 10.2 Å². The number of benzene rings is 1. The number of nitrogens with zero attached hydrogens (tertiary/aromatic N) is 1. The largest absolute Gasteiger partial charge is 0.496 e. The second-order valence-corrected chi connectivity index (χ2v) is 6.25. The van der Waals surface area contributed by atoms with Crippen molar-refractivity contribution in [3.63, 3.8) is 0 Å². The number of hydrogen-bond donors (Lipinski definition) is 1.